The number of nitrogens with zero attached hydrogens (tertiary/aromatic N) is 2. The molecule has 1 aromatic heterocycles. The first-order chi connectivity index (χ1) is 12.2. The standard InChI is InChI=1S/C22H25N3/c1-16(2)19-9-8-17-10-11-25(14-20(17)12-19)15-21-13-22(24-23-21)18-6-4-3-5-7-18/h3-9,12-13,16H,10-11,14-15H2,1-2H3,(H,23,24). The predicted molar refractivity (Wildman–Crippen MR) is 102 cm³/mol. The number of aromatic amines is 1. The summed E-state index contributed by atoms with van der Waals surface area (Å²) in [6.45, 7) is 7.57. The molecule has 3 heteroatoms. The van der Waals surface area contributed by atoms with Gasteiger partial charge in [0.2, 0.25) is 0 Å². The van der Waals surface area contributed by atoms with Gasteiger partial charge in [-0.2, -0.15) is 5.10 Å². The van der Waals surface area contributed by atoms with E-state index in [0.717, 1.165) is 37.3 Å². The van der Waals surface area contributed by atoms with Gasteiger partial charge in [0.25, 0.3) is 0 Å². The first-order valence-electron chi connectivity index (χ1n) is 9.13. The Hall–Kier alpha value is -2.39. The molecule has 0 saturated carbocycles. The summed E-state index contributed by atoms with van der Waals surface area (Å²) < 4.78 is 0. The zero-order chi connectivity index (χ0) is 17.2. The average Bonchev–Trinajstić information content (AvgIpc) is 3.10. The van der Waals surface area contributed by atoms with E-state index in [1.165, 1.54) is 22.4 Å². The summed E-state index contributed by atoms with van der Waals surface area (Å²) in [6, 6.07) is 19.5. The molecule has 2 aromatic carbocycles. The molecular weight excluding hydrogens is 306 g/mol. The molecule has 3 aromatic rings. The minimum Gasteiger partial charge on any atom is -0.293 e. The predicted octanol–water partition coefficient (Wildman–Crippen LogP) is 4.76. The summed E-state index contributed by atoms with van der Waals surface area (Å²) in [6.07, 6.45) is 1.13. The third-order valence-electron chi connectivity index (χ3n) is 5.08. The molecule has 128 valence electrons. The minimum atomic E-state index is 0.585. The smallest absolute Gasteiger partial charge is 0.0924 e. The van der Waals surface area contributed by atoms with Crippen molar-refractivity contribution in [2.45, 2.75) is 39.3 Å². The number of rotatable bonds is 4. The van der Waals surface area contributed by atoms with Gasteiger partial charge in [0.15, 0.2) is 0 Å². The maximum Gasteiger partial charge on any atom is 0.0924 e. The molecule has 0 atom stereocenters. The molecule has 0 bridgehead atoms. The lowest BCUT2D eigenvalue weighted by atomic mass is 9.93. The van der Waals surface area contributed by atoms with Gasteiger partial charge >= 0.3 is 0 Å². The van der Waals surface area contributed by atoms with Crippen LogP contribution in [0.2, 0.25) is 0 Å². The van der Waals surface area contributed by atoms with E-state index in [4.69, 9.17) is 0 Å². The molecule has 4 rings (SSSR count). The van der Waals surface area contributed by atoms with Crippen molar-refractivity contribution in [2.24, 2.45) is 0 Å². The lowest BCUT2D eigenvalue weighted by Gasteiger charge is -2.29. The second kappa shape index (κ2) is 6.85. The van der Waals surface area contributed by atoms with Crippen molar-refractivity contribution in [3.05, 3.63) is 77.0 Å². The summed E-state index contributed by atoms with van der Waals surface area (Å²) in [5.41, 5.74) is 7.80. The summed E-state index contributed by atoms with van der Waals surface area (Å²) in [5.74, 6) is 0.585. The van der Waals surface area contributed by atoms with E-state index < -0.39 is 0 Å². The van der Waals surface area contributed by atoms with Crippen LogP contribution in [0.3, 0.4) is 0 Å². The van der Waals surface area contributed by atoms with E-state index in [2.05, 4.69) is 77.5 Å². The van der Waals surface area contributed by atoms with Gasteiger partial charge in [-0.05, 0) is 35.1 Å². The molecule has 2 heterocycles. The van der Waals surface area contributed by atoms with Gasteiger partial charge in [-0.15, -0.1) is 0 Å². The number of hydrogen-bond donors (Lipinski definition) is 1. The summed E-state index contributed by atoms with van der Waals surface area (Å²) >= 11 is 0. The molecule has 0 saturated heterocycles. The Morgan fingerprint density at radius 2 is 1.88 bits per heavy atom. The highest BCUT2D eigenvalue weighted by molar-refractivity contribution is 5.58. The van der Waals surface area contributed by atoms with Crippen LogP contribution in [0.5, 0.6) is 0 Å². The molecule has 0 aliphatic carbocycles. The lowest BCUT2D eigenvalue weighted by molar-refractivity contribution is 0.242. The maximum atomic E-state index is 4.48. The van der Waals surface area contributed by atoms with Crippen LogP contribution in [-0.4, -0.2) is 21.6 Å². The van der Waals surface area contributed by atoms with Crippen molar-refractivity contribution in [1.29, 1.82) is 0 Å². The topological polar surface area (TPSA) is 31.9 Å². The second-order valence-electron chi connectivity index (χ2n) is 7.29. The average molecular weight is 331 g/mol. The van der Waals surface area contributed by atoms with Crippen LogP contribution < -0.4 is 0 Å². The van der Waals surface area contributed by atoms with E-state index >= 15 is 0 Å². The summed E-state index contributed by atoms with van der Waals surface area (Å²) in [5, 5.41) is 7.70. The van der Waals surface area contributed by atoms with Crippen LogP contribution in [0.1, 0.15) is 42.1 Å². The summed E-state index contributed by atoms with van der Waals surface area (Å²) in [4.78, 5) is 2.51. The second-order valence-corrected chi connectivity index (χ2v) is 7.29. The van der Waals surface area contributed by atoms with Crippen LogP contribution in [0.15, 0.2) is 54.6 Å². The van der Waals surface area contributed by atoms with Crippen molar-refractivity contribution >= 4 is 0 Å². The van der Waals surface area contributed by atoms with E-state index in [9.17, 15) is 0 Å². The monoisotopic (exact) mass is 331 g/mol. The van der Waals surface area contributed by atoms with E-state index in [1.54, 1.807) is 0 Å². The third kappa shape index (κ3) is 3.52. The third-order valence-corrected chi connectivity index (χ3v) is 5.08. The number of hydrogen-bond acceptors (Lipinski definition) is 2. The zero-order valence-electron chi connectivity index (χ0n) is 15.0. The Balaban J connectivity index is 1.48. The largest absolute Gasteiger partial charge is 0.293 e. The Labute approximate surface area is 149 Å². The zero-order valence-corrected chi connectivity index (χ0v) is 15.0. The molecule has 0 amide bonds. The van der Waals surface area contributed by atoms with Crippen LogP contribution >= 0.6 is 0 Å². The molecule has 1 aliphatic rings. The first-order valence-corrected chi connectivity index (χ1v) is 9.13. The number of nitrogens with one attached hydrogen (secondary N) is 1. The number of fused-ring (bicyclic) bond motifs is 1. The van der Waals surface area contributed by atoms with Crippen molar-refractivity contribution in [2.75, 3.05) is 6.54 Å². The molecule has 25 heavy (non-hydrogen) atoms. The molecular formula is C22H25N3. The fourth-order valence-corrected chi connectivity index (χ4v) is 3.57. The highest BCUT2D eigenvalue weighted by Gasteiger charge is 2.18. The molecule has 0 radical (unpaired) electrons. The van der Waals surface area contributed by atoms with Gasteiger partial charge in [0.05, 0.1) is 5.69 Å². The molecule has 1 N–H and O–H groups in total. The number of H-pyrrole nitrogens is 1. The molecule has 3 nitrogen and oxygen atoms in total. The van der Waals surface area contributed by atoms with Crippen LogP contribution in [-0.2, 0) is 19.5 Å². The van der Waals surface area contributed by atoms with Crippen LogP contribution in [0.25, 0.3) is 11.3 Å². The molecule has 0 unspecified atom stereocenters. The maximum absolute atomic E-state index is 4.48. The van der Waals surface area contributed by atoms with Gasteiger partial charge in [0, 0.05) is 30.9 Å². The highest BCUT2D eigenvalue weighted by Crippen LogP contribution is 2.25. The van der Waals surface area contributed by atoms with Crippen LogP contribution in [0.4, 0.5) is 0 Å². The fraction of sp³-hybridized carbons (Fsp3) is 0.318. The first kappa shape index (κ1) is 16.1. The Kier molecular flexibility index (Phi) is 4.41. The lowest BCUT2D eigenvalue weighted by Crippen LogP contribution is -2.30. The van der Waals surface area contributed by atoms with Gasteiger partial charge in [-0.25, -0.2) is 0 Å². The number of aromatic nitrogens is 2. The molecule has 1 aliphatic heterocycles. The minimum absolute atomic E-state index is 0.585. The highest BCUT2D eigenvalue weighted by atomic mass is 15.2. The van der Waals surface area contributed by atoms with Crippen molar-refractivity contribution in [1.82, 2.24) is 15.1 Å². The quantitative estimate of drug-likeness (QED) is 0.747. The van der Waals surface area contributed by atoms with E-state index in [0.29, 0.717) is 5.92 Å². The van der Waals surface area contributed by atoms with Gasteiger partial charge in [-0.3, -0.25) is 10.00 Å². The fourth-order valence-electron chi connectivity index (χ4n) is 3.57. The van der Waals surface area contributed by atoms with Crippen molar-refractivity contribution in [3.8, 4) is 11.3 Å². The van der Waals surface area contributed by atoms with Crippen molar-refractivity contribution in [3.63, 3.8) is 0 Å². The SMILES string of the molecule is CC(C)c1ccc2c(c1)CN(Cc1cc(-c3ccccc3)n[nH]1)CC2. The summed E-state index contributed by atoms with van der Waals surface area (Å²) in [7, 11) is 0. The van der Waals surface area contributed by atoms with E-state index in [1.807, 2.05) is 6.07 Å². The van der Waals surface area contributed by atoms with Crippen LogP contribution in [0, 0.1) is 0 Å². The molecule has 0 spiro atoms. The Morgan fingerprint density at radius 3 is 2.68 bits per heavy atom. The number of benzene rings is 2. The van der Waals surface area contributed by atoms with Crippen molar-refractivity contribution < 1.29 is 0 Å². The molecule has 0 fully saturated rings. The van der Waals surface area contributed by atoms with Gasteiger partial charge in [0.1, 0.15) is 0 Å². The normalized spacial score (nSPS) is 14.7. The van der Waals surface area contributed by atoms with Gasteiger partial charge in [-0.1, -0.05) is 62.4 Å². The van der Waals surface area contributed by atoms with E-state index in [-0.39, 0.29) is 0 Å². The Morgan fingerprint density at radius 1 is 1.04 bits per heavy atom. The van der Waals surface area contributed by atoms with Gasteiger partial charge < -0.3 is 0 Å². The Bertz CT molecular complexity index is 849.